The summed E-state index contributed by atoms with van der Waals surface area (Å²) in [6.07, 6.45) is 2.52. The molecule has 0 radical (unpaired) electrons. The zero-order valence-electron chi connectivity index (χ0n) is 15.5. The van der Waals surface area contributed by atoms with Gasteiger partial charge in [-0.25, -0.2) is 4.99 Å². The van der Waals surface area contributed by atoms with Crippen molar-refractivity contribution in [3.8, 4) is 0 Å². The van der Waals surface area contributed by atoms with Gasteiger partial charge in [0.2, 0.25) is 0 Å². The Morgan fingerprint density at radius 2 is 2.00 bits per heavy atom. The Balaban J connectivity index is 0.00000288. The minimum absolute atomic E-state index is 0. The summed E-state index contributed by atoms with van der Waals surface area (Å²) >= 11 is 0. The van der Waals surface area contributed by atoms with Crippen LogP contribution in [-0.4, -0.2) is 41.9 Å². The number of hydrogen-bond donors (Lipinski definition) is 1. The summed E-state index contributed by atoms with van der Waals surface area (Å²) in [5, 5.41) is 0. The van der Waals surface area contributed by atoms with Gasteiger partial charge >= 0.3 is 0 Å². The Morgan fingerprint density at radius 1 is 1.33 bits per heavy atom. The third-order valence-corrected chi connectivity index (χ3v) is 4.81. The normalized spacial score (nSPS) is 18.8. The lowest BCUT2D eigenvalue weighted by Crippen LogP contribution is -2.43. The highest BCUT2D eigenvalue weighted by atomic mass is 127. The number of likely N-dealkylation sites (tertiary alicyclic amines) is 1. The van der Waals surface area contributed by atoms with Crippen molar-refractivity contribution in [1.29, 1.82) is 0 Å². The smallest absolute Gasteiger partial charge is 0.191 e. The van der Waals surface area contributed by atoms with Gasteiger partial charge in [0.1, 0.15) is 0 Å². The second-order valence-corrected chi connectivity index (χ2v) is 7.15. The summed E-state index contributed by atoms with van der Waals surface area (Å²) in [7, 11) is 2.16. The lowest BCUT2D eigenvalue weighted by molar-refractivity contribution is 0.265. The zero-order valence-corrected chi connectivity index (χ0v) is 17.9. The van der Waals surface area contributed by atoms with Crippen LogP contribution >= 0.6 is 24.0 Å². The first-order chi connectivity index (χ1) is 11.0. The number of piperidine rings is 1. The van der Waals surface area contributed by atoms with E-state index >= 15 is 0 Å². The van der Waals surface area contributed by atoms with Crippen LogP contribution in [0.15, 0.2) is 29.3 Å². The summed E-state index contributed by atoms with van der Waals surface area (Å²) in [6.45, 7) is 10.4. The van der Waals surface area contributed by atoms with Gasteiger partial charge in [-0.3, -0.25) is 4.90 Å². The van der Waals surface area contributed by atoms with E-state index in [4.69, 9.17) is 5.73 Å². The van der Waals surface area contributed by atoms with Crippen LogP contribution < -0.4 is 5.73 Å². The van der Waals surface area contributed by atoms with Crippen LogP contribution in [0.2, 0.25) is 0 Å². The van der Waals surface area contributed by atoms with Crippen LogP contribution in [0.3, 0.4) is 0 Å². The van der Waals surface area contributed by atoms with Gasteiger partial charge < -0.3 is 10.6 Å². The maximum absolute atomic E-state index is 6.22. The Bertz CT molecular complexity index is 530. The van der Waals surface area contributed by atoms with Gasteiger partial charge in [0.05, 0.1) is 6.54 Å². The van der Waals surface area contributed by atoms with Gasteiger partial charge in [-0.15, -0.1) is 24.0 Å². The lowest BCUT2D eigenvalue weighted by atomic mass is 10.0. The minimum Gasteiger partial charge on any atom is -0.370 e. The number of halogens is 1. The largest absolute Gasteiger partial charge is 0.370 e. The molecule has 0 saturated carbocycles. The molecule has 2 N–H and O–H groups in total. The van der Waals surface area contributed by atoms with Crippen molar-refractivity contribution in [1.82, 2.24) is 9.80 Å². The van der Waals surface area contributed by atoms with Crippen molar-refractivity contribution in [2.24, 2.45) is 16.6 Å². The van der Waals surface area contributed by atoms with Crippen LogP contribution in [0.5, 0.6) is 0 Å². The third kappa shape index (κ3) is 6.24. The Hall–Kier alpha value is -0.820. The van der Waals surface area contributed by atoms with Crippen molar-refractivity contribution in [2.75, 3.05) is 20.1 Å². The number of hydrogen-bond acceptors (Lipinski definition) is 2. The quantitative estimate of drug-likeness (QED) is 0.428. The zero-order chi connectivity index (χ0) is 16.8. The molecule has 1 atom stereocenters. The highest BCUT2D eigenvalue weighted by Gasteiger charge is 2.17. The molecule has 136 valence electrons. The number of guanidine groups is 1. The molecule has 4 nitrogen and oxygen atoms in total. The topological polar surface area (TPSA) is 44.9 Å². The van der Waals surface area contributed by atoms with Crippen molar-refractivity contribution < 1.29 is 0 Å². The average molecular weight is 444 g/mol. The van der Waals surface area contributed by atoms with Gasteiger partial charge in [0.25, 0.3) is 0 Å². The number of nitrogens with zero attached hydrogens (tertiary/aromatic N) is 3. The van der Waals surface area contributed by atoms with Crippen LogP contribution in [0.25, 0.3) is 0 Å². The van der Waals surface area contributed by atoms with Crippen LogP contribution in [-0.2, 0) is 13.1 Å². The average Bonchev–Trinajstić information content (AvgIpc) is 2.53. The Morgan fingerprint density at radius 3 is 2.62 bits per heavy atom. The summed E-state index contributed by atoms with van der Waals surface area (Å²) < 4.78 is 0. The molecule has 1 aromatic carbocycles. The molecule has 1 aliphatic heterocycles. The van der Waals surface area contributed by atoms with E-state index in [9.17, 15) is 0 Å². The summed E-state index contributed by atoms with van der Waals surface area (Å²) in [4.78, 5) is 9.25. The first-order valence-electron chi connectivity index (χ1n) is 8.79. The molecule has 0 aromatic heterocycles. The maximum Gasteiger partial charge on any atom is 0.191 e. The number of nitrogens with two attached hydrogens (primary N) is 1. The van der Waals surface area contributed by atoms with Gasteiger partial charge in [0, 0.05) is 25.7 Å². The minimum atomic E-state index is 0. The molecule has 0 bridgehead atoms. The highest BCUT2D eigenvalue weighted by Crippen LogP contribution is 2.16. The molecular weight excluding hydrogens is 411 g/mol. The van der Waals surface area contributed by atoms with E-state index in [0.29, 0.717) is 24.5 Å². The molecule has 1 heterocycles. The summed E-state index contributed by atoms with van der Waals surface area (Å²) in [5.74, 6) is 1.41. The molecule has 2 rings (SSSR count). The number of rotatable bonds is 5. The van der Waals surface area contributed by atoms with E-state index in [1.165, 1.54) is 24.0 Å². The molecule has 0 aliphatic carbocycles. The Kier molecular flexibility index (Phi) is 9.05. The molecule has 0 spiro atoms. The standard InChI is InChI=1S/C19H32N4.HI/c1-15(2)22(4)14-18-10-6-5-9-17(18)12-21-19(20)23-11-7-8-16(3)13-23;/h5-6,9-10,15-16H,7-8,11-14H2,1-4H3,(H2,20,21);1H. The molecule has 24 heavy (non-hydrogen) atoms. The van der Waals surface area contributed by atoms with Crippen molar-refractivity contribution in [3.05, 3.63) is 35.4 Å². The highest BCUT2D eigenvalue weighted by molar-refractivity contribution is 14.0. The lowest BCUT2D eigenvalue weighted by Gasteiger charge is -2.31. The molecule has 1 aromatic rings. The van der Waals surface area contributed by atoms with Crippen LogP contribution in [0.4, 0.5) is 0 Å². The third-order valence-electron chi connectivity index (χ3n) is 4.81. The van der Waals surface area contributed by atoms with E-state index in [1.54, 1.807) is 0 Å². The van der Waals surface area contributed by atoms with E-state index in [2.05, 4.69) is 66.9 Å². The molecule has 0 amide bonds. The number of aliphatic imine (C=N–C) groups is 1. The van der Waals surface area contributed by atoms with E-state index in [0.717, 1.165) is 19.6 Å². The predicted molar refractivity (Wildman–Crippen MR) is 114 cm³/mol. The fraction of sp³-hybridized carbons (Fsp3) is 0.632. The second-order valence-electron chi connectivity index (χ2n) is 7.15. The van der Waals surface area contributed by atoms with Gasteiger partial charge in [-0.1, -0.05) is 31.2 Å². The molecule has 1 unspecified atom stereocenters. The van der Waals surface area contributed by atoms with E-state index in [1.807, 2.05) is 0 Å². The molecule has 1 aliphatic rings. The van der Waals surface area contributed by atoms with E-state index < -0.39 is 0 Å². The molecule has 1 fully saturated rings. The van der Waals surface area contributed by atoms with Crippen molar-refractivity contribution in [2.45, 2.75) is 52.7 Å². The summed E-state index contributed by atoms with van der Waals surface area (Å²) in [5.41, 5.74) is 8.83. The Labute approximate surface area is 164 Å². The van der Waals surface area contributed by atoms with Gasteiger partial charge in [0.15, 0.2) is 5.96 Å². The fourth-order valence-corrected chi connectivity index (χ4v) is 2.98. The molecule has 1 saturated heterocycles. The first-order valence-corrected chi connectivity index (χ1v) is 8.79. The summed E-state index contributed by atoms with van der Waals surface area (Å²) in [6, 6.07) is 9.09. The second kappa shape index (κ2) is 10.2. The van der Waals surface area contributed by atoms with Gasteiger partial charge in [-0.2, -0.15) is 0 Å². The van der Waals surface area contributed by atoms with Gasteiger partial charge in [-0.05, 0) is 50.8 Å². The van der Waals surface area contributed by atoms with Crippen LogP contribution in [0, 0.1) is 5.92 Å². The monoisotopic (exact) mass is 444 g/mol. The van der Waals surface area contributed by atoms with Crippen molar-refractivity contribution in [3.63, 3.8) is 0 Å². The first kappa shape index (κ1) is 21.2. The molecular formula is C19H33IN4. The van der Waals surface area contributed by atoms with E-state index in [-0.39, 0.29) is 24.0 Å². The maximum atomic E-state index is 6.22. The fourth-order valence-electron chi connectivity index (χ4n) is 2.98. The van der Waals surface area contributed by atoms with Crippen molar-refractivity contribution >= 4 is 29.9 Å². The molecule has 5 heteroatoms. The predicted octanol–water partition coefficient (Wildman–Crippen LogP) is 3.69. The van der Waals surface area contributed by atoms with Crippen LogP contribution in [0.1, 0.15) is 44.7 Å². The SMILES string of the molecule is CC1CCCN(C(N)=NCc2ccccc2CN(C)C(C)C)C1.I. The number of benzene rings is 1.